The molecule has 2 aromatic rings. The van der Waals surface area contributed by atoms with Gasteiger partial charge in [0.1, 0.15) is 17.9 Å². The summed E-state index contributed by atoms with van der Waals surface area (Å²) >= 11 is 0. The van der Waals surface area contributed by atoms with E-state index in [0.29, 0.717) is 12.8 Å². The van der Waals surface area contributed by atoms with Gasteiger partial charge in [0.15, 0.2) is 0 Å². The lowest BCUT2D eigenvalue weighted by Crippen LogP contribution is -2.09. The van der Waals surface area contributed by atoms with Gasteiger partial charge in [-0.05, 0) is 18.9 Å². The van der Waals surface area contributed by atoms with E-state index < -0.39 is 0 Å². The average molecular weight is 243 g/mol. The third-order valence-electron chi connectivity index (χ3n) is 2.94. The van der Waals surface area contributed by atoms with E-state index in [2.05, 4.69) is 35.2 Å². The molecular formula is C14H17N3O. The van der Waals surface area contributed by atoms with Gasteiger partial charge in [-0.2, -0.15) is 5.10 Å². The molecule has 0 aliphatic rings. The second kappa shape index (κ2) is 5.58. The van der Waals surface area contributed by atoms with Crippen molar-refractivity contribution in [1.29, 1.82) is 0 Å². The summed E-state index contributed by atoms with van der Waals surface area (Å²) in [7, 11) is 1.80. The van der Waals surface area contributed by atoms with Crippen molar-refractivity contribution in [3.8, 4) is 0 Å². The van der Waals surface area contributed by atoms with Gasteiger partial charge in [-0.3, -0.25) is 9.48 Å². The molecule has 0 aliphatic carbocycles. The number of Topliss-reactive ketones (excluding diaryl/α,β-unsaturated/α-hetero) is 1. The molecule has 1 aromatic carbocycles. The van der Waals surface area contributed by atoms with E-state index in [1.165, 1.54) is 17.5 Å². The minimum absolute atomic E-state index is 0.201. The maximum absolute atomic E-state index is 11.8. The second-order valence-electron chi connectivity index (χ2n) is 4.50. The highest BCUT2D eigenvalue weighted by Crippen LogP contribution is 2.08. The van der Waals surface area contributed by atoms with Gasteiger partial charge in [0.25, 0.3) is 0 Å². The molecule has 1 aromatic heterocycles. The SMILES string of the molecule is Cc1cccc(CCC(=O)Cc2ncnn2C)c1. The number of carbonyl (C=O) groups excluding carboxylic acids is 1. The van der Waals surface area contributed by atoms with Gasteiger partial charge in [0, 0.05) is 13.5 Å². The van der Waals surface area contributed by atoms with Crippen molar-refractivity contribution < 1.29 is 4.79 Å². The molecule has 94 valence electrons. The van der Waals surface area contributed by atoms with E-state index in [4.69, 9.17) is 0 Å². The molecule has 0 N–H and O–H groups in total. The zero-order valence-corrected chi connectivity index (χ0v) is 10.8. The van der Waals surface area contributed by atoms with Crippen LogP contribution in [-0.4, -0.2) is 20.5 Å². The van der Waals surface area contributed by atoms with Crippen LogP contribution in [0.4, 0.5) is 0 Å². The van der Waals surface area contributed by atoms with Crippen molar-refractivity contribution in [3.05, 3.63) is 47.5 Å². The number of benzene rings is 1. The molecule has 18 heavy (non-hydrogen) atoms. The standard InChI is InChI=1S/C14H17N3O/c1-11-4-3-5-12(8-11)6-7-13(18)9-14-15-10-16-17(14)2/h3-5,8,10H,6-7,9H2,1-2H3. The fourth-order valence-electron chi connectivity index (χ4n) is 1.90. The molecule has 0 saturated heterocycles. The van der Waals surface area contributed by atoms with Crippen molar-refractivity contribution in [2.24, 2.45) is 7.05 Å². The number of hydrogen-bond donors (Lipinski definition) is 0. The lowest BCUT2D eigenvalue weighted by Gasteiger charge is -2.02. The Bertz CT molecular complexity index is 545. The highest BCUT2D eigenvalue weighted by Gasteiger charge is 2.08. The monoisotopic (exact) mass is 243 g/mol. The highest BCUT2D eigenvalue weighted by molar-refractivity contribution is 5.80. The minimum atomic E-state index is 0.201. The lowest BCUT2D eigenvalue weighted by atomic mass is 10.0. The molecule has 0 amide bonds. The summed E-state index contributed by atoms with van der Waals surface area (Å²) in [6, 6.07) is 8.26. The van der Waals surface area contributed by atoms with Gasteiger partial charge in [0.2, 0.25) is 0 Å². The van der Waals surface area contributed by atoms with Crippen molar-refractivity contribution in [2.45, 2.75) is 26.2 Å². The van der Waals surface area contributed by atoms with Crippen LogP contribution in [0.25, 0.3) is 0 Å². The third kappa shape index (κ3) is 3.26. The number of rotatable bonds is 5. The topological polar surface area (TPSA) is 47.8 Å². The Morgan fingerprint density at radius 2 is 2.22 bits per heavy atom. The van der Waals surface area contributed by atoms with Crippen LogP contribution in [0.3, 0.4) is 0 Å². The zero-order chi connectivity index (χ0) is 13.0. The average Bonchev–Trinajstić information content (AvgIpc) is 2.73. The van der Waals surface area contributed by atoms with Crippen molar-refractivity contribution in [3.63, 3.8) is 0 Å². The van der Waals surface area contributed by atoms with Crippen molar-refractivity contribution in [2.75, 3.05) is 0 Å². The summed E-state index contributed by atoms with van der Waals surface area (Å²) in [6.07, 6.45) is 3.18. The number of aromatic nitrogens is 3. The first kappa shape index (κ1) is 12.5. The van der Waals surface area contributed by atoms with Crippen LogP contribution in [0, 0.1) is 6.92 Å². The van der Waals surface area contributed by atoms with E-state index in [1.54, 1.807) is 11.7 Å². The largest absolute Gasteiger partial charge is 0.299 e. The van der Waals surface area contributed by atoms with Crippen LogP contribution in [0.2, 0.25) is 0 Å². The van der Waals surface area contributed by atoms with Gasteiger partial charge in [0.05, 0.1) is 6.42 Å². The summed E-state index contributed by atoms with van der Waals surface area (Å²) in [4.78, 5) is 15.9. The fraction of sp³-hybridized carbons (Fsp3) is 0.357. The van der Waals surface area contributed by atoms with Gasteiger partial charge in [-0.15, -0.1) is 0 Å². The van der Waals surface area contributed by atoms with Gasteiger partial charge in [-0.25, -0.2) is 4.98 Å². The van der Waals surface area contributed by atoms with Crippen molar-refractivity contribution in [1.82, 2.24) is 14.8 Å². The van der Waals surface area contributed by atoms with E-state index in [9.17, 15) is 4.79 Å². The highest BCUT2D eigenvalue weighted by atomic mass is 16.1. The Hall–Kier alpha value is -1.97. The molecule has 0 saturated carbocycles. The summed E-state index contributed by atoms with van der Waals surface area (Å²) in [6.45, 7) is 2.06. The maximum Gasteiger partial charge on any atom is 0.140 e. The van der Waals surface area contributed by atoms with Gasteiger partial charge < -0.3 is 0 Å². The van der Waals surface area contributed by atoms with Crippen LogP contribution in [0.5, 0.6) is 0 Å². The van der Waals surface area contributed by atoms with Crippen LogP contribution in [0.15, 0.2) is 30.6 Å². The van der Waals surface area contributed by atoms with Crippen LogP contribution < -0.4 is 0 Å². The number of ketones is 1. The normalized spacial score (nSPS) is 10.6. The molecule has 2 rings (SSSR count). The summed E-state index contributed by atoms with van der Waals surface area (Å²) in [5.41, 5.74) is 2.44. The van der Waals surface area contributed by atoms with E-state index in [0.717, 1.165) is 12.2 Å². The minimum Gasteiger partial charge on any atom is -0.299 e. The summed E-state index contributed by atoms with van der Waals surface area (Å²) in [5.74, 6) is 0.928. The first-order valence-electron chi connectivity index (χ1n) is 6.05. The molecular weight excluding hydrogens is 226 g/mol. The molecule has 0 atom stereocenters. The molecule has 0 fully saturated rings. The number of carbonyl (C=O) groups is 1. The van der Waals surface area contributed by atoms with Crippen molar-refractivity contribution >= 4 is 5.78 Å². The smallest absolute Gasteiger partial charge is 0.140 e. The van der Waals surface area contributed by atoms with Gasteiger partial charge in [-0.1, -0.05) is 29.8 Å². The first-order valence-corrected chi connectivity index (χ1v) is 6.05. The van der Waals surface area contributed by atoms with E-state index in [-0.39, 0.29) is 5.78 Å². The molecule has 0 unspecified atom stereocenters. The Kier molecular flexibility index (Phi) is 3.87. The Morgan fingerprint density at radius 1 is 1.39 bits per heavy atom. The number of nitrogens with zero attached hydrogens (tertiary/aromatic N) is 3. The molecule has 0 radical (unpaired) electrons. The predicted molar refractivity (Wildman–Crippen MR) is 69.2 cm³/mol. The summed E-state index contributed by atoms with van der Waals surface area (Å²) < 4.78 is 1.64. The van der Waals surface area contributed by atoms with Crippen LogP contribution in [0.1, 0.15) is 23.4 Å². The molecule has 0 bridgehead atoms. The van der Waals surface area contributed by atoms with Crippen LogP contribution >= 0.6 is 0 Å². The maximum atomic E-state index is 11.8. The molecule has 4 nitrogen and oxygen atoms in total. The Balaban J connectivity index is 1.87. The lowest BCUT2D eigenvalue weighted by molar-refractivity contribution is -0.118. The fourth-order valence-corrected chi connectivity index (χ4v) is 1.90. The zero-order valence-electron chi connectivity index (χ0n) is 10.8. The molecule has 4 heteroatoms. The first-order chi connectivity index (χ1) is 8.65. The predicted octanol–water partition coefficient (Wildman–Crippen LogP) is 1.87. The van der Waals surface area contributed by atoms with Gasteiger partial charge >= 0.3 is 0 Å². The van der Waals surface area contributed by atoms with E-state index in [1.807, 2.05) is 6.07 Å². The summed E-state index contributed by atoms with van der Waals surface area (Å²) in [5, 5.41) is 3.95. The Labute approximate surface area is 107 Å². The number of hydrogen-bond acceptors (Lipinski definition) is 3. The quantitative estimate of drug-likeness (QED) is 0.805. The second-order valence-corrected chi connectivity index (χ2v) is 4.50. The van der Waals surface area contributed by atoms with E-state index >= 15 is 0 Å². The molecule has 1 heterocycles. The molecule has 0 aliphatic heterocycles. The van der Waals surface area contributed by atoms with Crippen LogP contribution in [-0.2, 0) is 24.7 Å². The Morgan fingerprint density at radius 3 is 2.89 bits per heavy atom. The molecule has 0 spiro atoms. The number of aryl methyl sites for hydroxylation is 3. The third-order valence-corrected chi connectivity index (χ3v) is 2.94.